The van der Waals surface area contributed by atoms with Crippen molar-refractivity contribution in [1.29, 1.82) is 0 Å². The number of carbonyl (C=O) groups is 1. The highest BCUT2D eigenvalue weighted by atomic mass is 16.6. The Balaban J connectivity index is 2.63. The lowest BCUT2D eigenvalue weighted by Crippen LogP contribution is -2.20. The van der Waals surface area contributed by atoms with Gasteiger partial charge in [-0.3, -0.25) is 19.7 Å². The molecule has 0 fully saturated rings. The van der Waals surface area contributed by atoms with Crippen LogP contribution in [-0.4, -0.2) is 20.6 Å². The normalized spacial score (nSPS) is 10.4. The lowest BCUT2D eigenvalue weighted by Gasteiger charge is -2.06. The van der Waals surface area contributed by atoms with Gasteiger partial charge in [0.25, 0.3) is 11.2 Å². The molecule has 0 saturated carbocycles. The van der Waals surface area contributed by atoms with Crippen LogP contribution in [0.3, 0.4) is 0 Å². The molecule has 0 aliphatic heterocycles. The van der Waals surface area contributed by atoms with Crippen molar-refractivity contribution >= 4 is 11.7 Å². The third-order valence-electron chi connectivity index (χ3n) is 2.79. The molecule has 0 bridgehead atoms. The van der Waals surface area contributed by atoms with Gasteiger partial charge in [0.05, 0.1) is 11.1 Å². The molecular formula is C12H16N2O5. The van der Waals surface area contributed by atoms with E-state index in [1.165, 1.54) is 23.8 Å². The lowest BCUT2D eigenvalue weighted by molar-refractivity contribution is -0.385. The van der Waals surface area contributed by atoms with E-state index in [4.69, 9.17) is 5.11 Å². The summed E-state index contributed by atoms with van der Waals surface area (Å²) < 4.78 is 1.30. The minimum Gasteiger partial charge on any atom is -0.481 e. The molecule has 0 radical (unpaired) electrons. The Morgan fingerprint density at radius 2 is 2.11 bits per heavy atom. The lowest BCUT2D eigenvalue weighted by atomic mass is 10.2. The van der Waals surface area contributed by atoms with Crippen LogP contribution in [0.25, 0.3) is 0 Å². The van der Waals surface area contributed by atoms with Gasteiger partial charge in [-0.05, 0) is 19.8 Å². The maximum atomic E-state index is 11.6. The standard InChI is InChI=1S/C12H16N2O5/c1-9-7-11(15)13(8-10(9)14(18)19)6-4-2-3-5-12(16)17/h7-8H,2-6H2,1H3,(H,16,17). The van der Waals surface area contributed by atoms with Crippen LogP contribution in [0.15, 0.2) is 17.1 Å². The molecule has 7 nitrogen and oxygen atoms in total. The van der Waals surface area contributed by atoms with Crippen molar-refractivity contribution < 1.29 is 14.8 Å². The largest absolute Gasteiger partial charge is 0.481 e. The molecule has 1 aromatic heterocycles. The molecule has 0 amide bonds. The first-order valence-electron chi connectivity index (χ1n) is 5.99. The average molecular weight is 268 g/mol. The van der Waals surface area contributed by atoms with Crippen LogP contribution >= 0.6 is 0 Å². The Hall–Kier alpha value is -2.18. The number of carboxylic acids is 1. The highest BCUT2D eigenvalue weighted by Crippen LogP contribution is 2.14. The van der Waals surface area contributed by atoms with Gasteiger partial charge in [-0.25, -0.2) is 0 Å². The van der Waals surface area contributed by atoms with Gasteiger partial charge in [0.2, 0.25) is 0 Å². The van der Waals surface area contributed by atoms with Gasteiger partial charge < -0.3 is 9.67 Å². The van der Waals surface area contributed by atoms with Gasteiger partial charge in [0.1, 0.15) is 0 Å². The molecule has 1 heterocycles. The van der Waals surface area contributed by atoms with Crippen LogP contribution in [-0.2, 0) is 11.3 Å². The van der Waals surface area contributed by atoms with E-state index >= 15 is 0 Å². The summed E-state index contributed by atoms with van der Waals surface area (Å²) in [6, 6.07) is 1.25. The first-order chi connectivity index (χ1) is 8.91. The van der Waals surface area contributed by atoms with E-state index in [-0.39, 0.29) is 17.7 Å². The molecule has 1 N–H and O–H groups in total. The van der Waals surface area contributed by atoms with Crippen molar-refractivity contribution in [2.45, 2.75) is 39.2 Å². The topological polar surface area (TPSA) is 102 Å². The van der Waals surface area contributed by atoms with Crippen LogP contribution in [0.5, 0.6) is 0 Å². The van der Waals surface area contributed by atoms with Gasteiger partial charge in [0, 0.05) is 24.6 Å². The summed E-state index contributed by atoms with van der Waals surface area (Å²) in [5, 5.41) is 19.2. The predicted molar refractivity (Wildman–Crippen MR) is 68.2 cm³/mol. The Morgan fingerprint density at radius 3 is 2.68 bits per heavy atom. The smallest absolute Gasteiger partial charge is 0.303 e. The fourth-order valence-corrected chi connectivity index (χ4v) is 1.76. The quantitative estimate of drug-likeness (QED) is 0.460. The molecule has 1 rings (SSSR count). The molecule has 104 valence electrons. The molecule has 0 unspecified atom stereocenters. The van der Waals surface area contributed by atoms with Crippen molar-refractivity contribution in [3.8, 4) is 0 Å². The van der Waals surface area contributed by atoms with Gasteiger partial charge >= 0.3 is 5.97 Å². The van der Waals surface area contributed by atoms with Gasteiger partial charge in [-0.1, -0.05) is 6.42 Å². The Labute approximate surface area is 109 Å². The third-order valence-corrected chi connectivity index (χ3v) is 2.79. The summed E-state index contributed by atoms with van der Waals surface area (Å²) in [5.41, 5.74) is -0.0106. The zero-order valence-electron chi connectivity index (χ0n) is 10.7. The van der Waals surface area contributed by atoms with Crippen molar-refractivity contribution in [2.75, 3.05) is 0 Å². The molecule has 0 aliphatic rings. The number of rotatable bonds is 7. The highest BCUT2D eigenvalue weighted by molar-refractivity contribution is 5.66. The van der Waals surface area contributed by atoms with E-state index in [0.717, 1.165) is 0 Å². The molecule has 0 aliphatic carbocycles. The fraction of sp³-hybridized carbons (Fsp3) is 0.500. The highest BCUT2D eigenvalue weighted by Gasteiger charge is 2.12. The Kier molecular flexibility index (Phi) is 5.23. The fourth-order valence-electron chi connectivity index (χ4n) is 1.76. The molecule has 0 aromatic carbocycles. The Bertz CT molecular complexity index is 535. The van der Waals surface area contributed by atoms with Crippen molar-refractivity contribution in [1.82, 2.24) is 4.57 Å². The first-order valence-corrected chi connectivity index (χ1v) is 5.99. The second-order valence-corrected chi connectivity index (χ2v) is 4.33. The summed E-state index contributed by atoms with van der Waals surface area (Å²) in [6.07, 6.45) is 3.17. The van der Waals surface area contributed by atoms with Crippen LogP contribution in [0, 0.1) is 17.0 Å². The second-order valence-electron chi connectivity index (χ2n) is 4.33. The molecule has 19 heavy (non-hydrogen) atoms. The molecular weight excluding hydrogens is 252 g/mol. The number of hydrogen-bond donors (Lipinski definition) is 1. The summed E-state index contributed by atoms with van der Waals surface area (Å²) in [6.45, 7) is 1.89. The van der Waals surface area contributed by atoms with E-state index in [1.807, 2.05) is 0 Å². The molecule has 0 spiro atoms. The summed E-state index contributed by atoms with van der Waals surface area (Å²) in [7, 11) is 0. The van der Waals surface area contributed by atoms with E-state index in [2.05, 4.69) is 0 Å². The van der Waals surface area contributed by atoms with E-state index in [0.29, 0.717) is 31.4 Å². The van der Waals surface area contributed by atoms with Crippen LogP contribution in [0.1, 0.15) is 31.2 Å². The predicted octanol–water partition coefficient (Wildman–Crippen LogP) is 1.71. The van der Waals surface area contributed by atoms with E-state index in [1.54, 1.807) is 0 Å². The number of aryl methyl sites for hydroxylation is 2. The Morgan fingerprint density at radius 1 is 1.42 bits per heavy atom. The first kappa shape index (κ1) is 14.9. The number of aliphatic carboxylic acids is 1. The van der Waals surface area contributed by atoms with E-state index < -0.39 is 10.9 Å². The van der Waals surface area contributed by atoms with Gasteiger partial charge in [-0.15, -0.1) is 0 Å². The van der Waals surface area contributed by atoms with Crippen molar-refractivity contribution in [3.63, 3.8) is 0 Å². The number of carboxylic acid groups (broad SMARTS) is 1. The van der Waals surface area contributed by atoms with Crippen LogP contribution in [0.2, 0.25) is 0 Å². The molecule has 7 heteroatoms. The van der Waals surface area contributed by atoms with E-state index in [9.17, 15) is 19.7 Å². The number of unbranched alkanes of at least 4 members (excludes halogenated alkanes) is 2. The van der Waals surface area contributed by atoms with Crippen molar-refractivity contribution in [3.05, 3.63) is 38.3 Å². The summed E-state index contributed by atoms with van der Waals surface area (Å²) >= 11 is 0. The summed E-state index contributed by atoms with van der Waals surface area (Å²) in [5.74, 6) is -0.844. The SMILES string of the molecule is Cc1cc(=O)n(CCCCCC(=O)O)cc1[N+](=O)[O-]. The zero-order valence-corrected chi connectivity index (χ0v) is 10.7. The number of aromatic nitrogens is 1. The monoisotopic (exact) mass is 268 g/mol. The summed E-state index contributed by atoms with van der Waals surface area (Å²) in [4.78, 5) is 32.2. The number of nitrogens with zero attached hydrogens (tertiary/aromatic N) is 2. The number of nitro groups is 1. The van der Waals surface area contributed by atoms with Crippen LogP contribution in [0.4, 0.5) is 5.69 Å². The molecule has 0 saturated heterocycles. The second kappa shape index (κ2) is 6.67. The minimum atomic E-state index is -0.844. The maximum Gasteiger partial charge on any atom is 0.303 e. The molecule has 0 atom stereocenters. The maximum absolute atomic E-state index is 11.6. The number of pyridine rings is 1. The van der Waals surface area contributed by atoms with Crippen molar-refractivity contribution in [2.24, 2.45) is 0 Å². The average Bonchev–Trinajstić information content (AvgIpc) is 2.30. The molecule has 1 aromatic rings. The minimum absolute atomic E-state index is 0.0786. The van der Waals surface area contributed by atoms with Crippen LogP contribution < -0.4 is 5.56 Å². The zero-order chi connectivity index (χ0) is 14.4. The third kappa shape index (κ3) is 4.53. The van der Waals surface area contributed by atoms with Gasteiger partial charge in [0.15, 0.2) is 0 Å². The number of hydrogen-bond acceptors (Lipinski definition) is 4. The van der Waals surface area contributed by atoms with Gasteiger partial charge in [-0.2, -0.15) is 0 Å².